The zero-order valence-corrected chi connectivity index (χ0v) is 14.7. The minimum Gasteiger partial charge on any atom is -0.353 e. The molecule has 0 unspecified atom stereocenters. The first-order valence-electron chi connectivity index (χ1n) is 8.40. The molecule has 0 aliphatic carbocycles. The van der Waals surface area contributed by atoms with Gasteiger partial charge in [0.2, 0.25) is 5.91 Å². The lowest BCUT2D eigenvalue weighted by Crippen LogP contribution is -2.47. The molecule has 2 amide bonds. The number of hydrogen-bond donors (Lipinski definition) is 1. The molecule has 23 heavy (non-hydrogen) atoms. The Kier molecular flexibility index (Phi) is 5.45. The number of carbonyl (C=O) groups is 2. The van der Waals surface area contributed by atoms with Crippen LogP contribution in [0.15, 0.2) is 24.3 Å². The number of hydrogen-bond acceptors (Lipinski definition) is 2. The Labute approximate surface area is 139 Å². The highest BCUT2D eigenvalue weighted by atomic mass is 16.2. The van der Waals surface area contributed by atoms with Crippen LogP contribution in [0.25, 0.3) is 0 Å². The van der Waals surface area contributed by atoms with Crippen LogP contribution in [0.1, 0.15) is 56.0 Å². The predicted molar refractivity (Wildman–Crippen MR) is 92.3 cm³/mol. The van der Waals surface area contributed by atoms with Crippen molar-refractivity contribution in [2.24, 2.45) is 5.41 Å². The van der Waals surface area contributed by atoms with Gasteiger partial charge in [0, 0.05) is 31.1 Å². The van der Waals surface area contributed by atoms with Crippen molar-refractivity contribution >= 4 is 11.8 Å². The van der Waals surface area contributed by atoms with E-state index >= 15 is 0 Å². The van der Waals surface area contributed by atoms with Gasteiger partial charge in [0.05, 0.1) is 0 Å². The summed E-state index contributed by atoms with van der Waals surface area (Å²) in [6.07, 6.45) is 2.19. The van der Waals surface area contributed by atoms with Crippen LogP contribution in [-0.2, 0) is 4.79 Å². The largest absolute Gasteiger partial charge is 0.353 e. The number of rotatable bonds is 3. The van der Waals surface area contributed by atoms with Crippen LogP contribution < -0.4 is 5.32 Å². The monoisotopic (exact) mass is 316 g/mol. The Hall–Kier alpha value is -1.84. The second-order valence-corrected chi connectivity index (χ2v) is 7.69. The summed E-state index contributed by atoms with van der Waals surface area (Å²) < 4.78 is 0. The normalized spacial score (nSPS) is 16.3. The Balaban J connectivity index is 1.85. The fourth-order valence-electron chi connectivity index (χ4n) is 2.97. The fraction of sp³-hybridized carbons (Fsp3) is 0.579. The molecule has 1 N–H and O–H groups in total. The van der Waals surface area contributed by atoms with Gasteiger partial charge in [0.15, 0.2) is 0 Å². The van der Waals surface area contributed by atoms with Crippen LogP contribution in [-0.4, -0.2) is 35.8 Å². The van der Waals surface area contributed by atoms with Gasteiger partial charge in [0.1, 0.15) is 0 Å². The second kappa shape index (κ2) is 7.16. The molecule has 0 spiro atoms. The lowest BCUT2D eigenvalue weighted by molar-refractivity contribution is -0.123. The van der Waals surface area contributed by atoms with Crippen LogP contribution in [0.5, 0.6) is 0 Å². The molecule has 1 fully saturated rings. The van der Waals surface area contributed by atoms with E-state index in [0.717, 1.165) is 24.0 Å². The quantitative estimate of drug-likeness (QED) is 0.931. The maximum Gasteiger partial charge on any atom is 0.254 e. The number of benzene rings is 1. The van der Waals surface area contributed by atoms with Crippen molar-refractivity contribution in [3.8, 4) is 0 Å². The van der Waals surface area contributed by atoms with E-state index in [0.29, 0.717) is 19.5 Å². The third kappa shape index (κ3) is 5.08. The lowest BCUT2D eigenvalue weighted by Gasteiger charge is -2.33. The molecule has 1 heterocycles. The molecule has 0 saturated carbocycles. The highest BCUT2D eigenvalue weighted by Crippen LogP contribution is 2.20. The Morgan fingerprint density at radius 1 is 1.17 bits per heavy atom. The summed E-state index contributed by atoms with van der Waals surface area (Å²) in [6.45, 7) is 9.57. The number of carbonyl (C=O) groups excluding carboxylic acids is 2. The molecule has 0 radical (unpaired) electrons. The highest BCUT2D eigenvalue weighted by molar-refractivity contribution is 5.95. The van der Waals surface area contributed by atoms with Crippen molar-refractivity contribution in [2.75, 3.05) is 13.1 Å². The topological polar surface area (TPSA) is 49.4 Å². The minimum absolute atomic E-state index is 0.00554. The van der Waals surface area contributed by atoms with E-state index in [1.54, 1.807) is 0 Å². The molecule has 1 aliphatic rings. The average molecular weight is 316 g/mol. The number of amides is 2. The van der Waals surface area contributed by atoms with Crippen molar-refractivity contribution in [3.05, 3.63) is 35.4 Å². The van der Waals surface area contributed by atoms with Gasteiger partial charge in [-0.15, -0.1) is 0 Å². The van der Waals surface area contributed by atoms with Crippen LogP contribution >= 0.6 is 0 Å². The first kappa shape index (κ1) is 17.5. The summed E-state index contributed by atoms with van der Waals surface area (Å²) in [6, 6.07) is 7.88. The van der Waals surface area contributed by atoms with Crippen LogP contribution in [0.2, 0.25) is 0 Å². The summed E-state index contributed by atoms with van der Waals surface area (Å²) in [7, 11) is 0. The highest BCUT2D eigenvalue weighted by Gasteiger charge is 2.26. The first-order valence-corrected chi connectivity index (χ1v) is 8.40. The zero-order valence-electron chi connectivity index (χ0n) is 14.7. The molecule has 4 heteroatoms. The summed E-state index contributed by atoms with van der Waals surface area (Å²) >= 11 is 0. The molecule has 2 rings (SSSR count). The van der Waals surface area contributed by atoms with Crippen molar-refractivity contribution in [2.45, 2.75) is 53.0 Å². The molecule has 1 aromatic carbocycles. The standard InChI is InChI=1S/C19H28N2O2/c1-14-7-5-6-8-16(14)18(23)21-11-9-15(10-12-21)20-17(22)13-19(2,3)4/h5-8,15H,9-13H2,1-4H3,(H,20,22). The summed E-state index contributed by atoms with van der Waals surface area (Å²) in [5.74, 6) is 0.212. The molecule has 1 aromatic rings. The SMILES string of the molecule is Cc1ccccc1C(=O)N1CCC(NC(=O)CC(C)(C)C)CC1. The summed E-state index contributed by atoms with van der Waals surface area (Å²) in [5, 5.41) is 3.11. The van der Waals surface area contributed by atoms with Crippen molar-refractivity contribution in [1.82, 2.24) is 10.2 Å². The summed E-state index contributed by atoms with van der Waals surface area (Å²) in [4.78, 5) is 26.5. The van der Waals surface area contributed by atoms with Gasteiger partial charge in [-0.2, -0.15) is 0 Å². The van der Waals surface area contributed by atoms with Gasteiger partial charge >= 0.3 is 0 Å². The van der Waals surface area contributed by atoms with Crippen molar-refractivity contribution in [1.29, 1.82) is 0 Å². The second-order valence-electron chi connectivity index (χ2n) is 7.69. The smallest absolute Gasteiger partial charge is 0.254 e. The molecule has 126 valence electrons. The third-order valence-corrected chi connectivity index (χ3v) is 4.21. The van der Waals surface area contributed by atoms with Gasteiger partial charge in [-0.05, 0) is 36.8 Å². The number of aryl methyl sites for hydroxylation is 1. The maximum absolute atomic E-state index is 12.6. The molecule has 0 atom stereocenters. The molecule has 0 bridgehead atoms. The minimum atomic E-state index is 0.00554. The Bertz CT molecular complexity index is 567. The number of likely N-dealkylation sites (tertiary alicyclic amines) is 1. The van der Waals surface area contributed by atoms with Gasteiger partial charge in [-0.25, -0.2) is 0 Å². The van der Waals surface area contributed by atoms with E-state index in [1.165, 1.54) is 0 Å². The number of piperidine rings is 1. The van der Waals surface area contributed by atoms with E-state index in [9.17, 15) is 9.59 Å². The first-order chi connectivity index (χ1) is 10.8. The van der Waals surface area contributed by atoms with Crippen LogP contribution in [0, 0.1) is 12.3 Å². The Morgan fingerprint density at radius 3 is 2.35 bits per heavy atom. The van der Waals surface area contributed by atoms with Gasteiger partial charge in [-0.3, -0.25) is 9.59 Å². The lowest BCUT2D eigenvalue weighted by atomic mass is 9.91. The molecular formula is C19H28N2O2. The van der Waals surface area contributed by atoms with Crippen LogP contribution in [0.4, 0.5) is 0 Å². The Morgan fingerprint density at radius 2 is 1.78 bits per heavy atom. The van der Waals surface area contributed by atoms with E-state index in [-0.39, 0.29) is 23.3 Å². The van der Waals surface area contributed by atoms with E-state index in [4.69, 9.17) is 0 Å². The van der Waals surface area contributed by atoms with E-state index in [1.807, 2.05) is 36.1 Å². The fourth-order valence-corrected chi connectivity index (χ4v) is 2.97. The van der Waals surface area contributed by atoms with Gasteiger partial charge < -0.3 is 10.2 Å². The summed E-state index contributed by atoms with van der Waals surface area (Å²) in [5.41, 5.74) is 1.80. The van der Waals surface area contributed by atoms with E-state index < -0.39 is 0 Å². The molecule has 0 aromatic heterocycles. The van der Waals surface area contributed by atoms with Crippen molar-refractivity contribution < 1.29 is 9.59 Å². The maximum atomic E-state index is 12.6. The number of nitrogens with zero attached hydrogens (tertiary/aromatic N) is 1. The average Bonchev–Trinajstić information content (AvgIpc) is 2.46. The third-order valence-electron chi connectivity index (χ3n) is 4.21. The predicted octanol–water partition coefficient (Wildman–Crippen LogP) is 3.15. The van der Waals surface area contributed by atoms with Crippen LogP contribution in [0.3, 0.4) is 0 Å². The zero-order chi connectivity index (χ0) is 17.0. The molecular weight excluding hydrogens is 288 g/mol. The van der Waals surface area contributed by atoms with E-state index in [2.05, 4.69) is 26.1 Å². The van der Waals surface area contributed by atoms with Crippen molar-refractivity contribution in [3.63, 3.8) is 0 Å². The number of nitrogens with one attached hydrogen (secondary N) is 1. The molecule has 4 nitrogen and oxygen atoms in total. The van der Waals surface area contributed by atoms with Gasteiger partial charge in [-0.1, -0.05) is 39.0 Å². The molecule has 1 aliphatic heterocycles. The molecule has 1 saturated heterocycles. The van der Waals surface area contributed by atoms with Gasteiger partial charge in [0.25, 0.3) is 5.91 Å².